The molecule has 2 rings (SSSR count). The molecular weight excluding hydrogens is 316 g/mol. The van der Waals surface area contributed by atoms with E-state index in [9.17, 15) is 0 Å². The number of aryl methyl sites for hydroxylation is 2. The highest BCUT2D eigenvalue weighted by Crippen LogP contribution is 2.23. The van der Waals surface area contributed by atoms with Crippen molar-refractivity contribution in [3.05, 3.63) is 39.3 Å². The van der Waals surface area contributed by atoms with Crippen molar-refractivity contribution < 1.29 is 0 Å². The van der Waals surface area contributed by atoms with E-state index in [2.05, 4.69) is 52.3 Å². The first-order valence-electron chi connectivity index (χ1n) is 6.93. The minimum atomic E-state index is 0.840. The van der Waals surface area contributed by atoms with E-state index < -0.39 is 0 Å². The molecule has 4 nitrogen and oxygen atoms in total. The van der Waals surface area contributed by atoms with E-state index in [1.165, 1.54) is 5.56 Å². The van der Waals surface area contributed by atoms with Gasteiger partial charge in [0, 0.05) is 12.2 Å². The maximum atomic E-state index is 4.74. The fraction of sp³-hybridized carbons (Fsp3) is 0.467. The van der Waals surface area contributed by atoms with Gasteiger partial charge >= 0.3 is 0 Å². The Bertz CT molecular complexity index is 580. The van der Waals surface area contributed by atoms with Crippen molar-refractivity contribution >= 4 is 15.9 Å². The van der Waals surface area contributed by atoms with Crippen LogP contribution in [0.4, 0.5) is 0 Å². The lowest BCUT2D eigenvalue weighted by Gasteiger charge is -2.10. The second-order valence-corrected chi connectivity index (χ2v) is 5.79. The molecule has 0 saturated carbocycles. The zero-order valence-electron chi connectivity index (χ0n) is 12.5. The van der Waals surface area contributed by atoms with Gasteiger partial charge in [0.15, 0.2) is 5.82 Å². The van der Waals surface area contributed by atoms with Gasteiger partial charge in [0.1, 0.15) is 0 Å². The minimum absolute atomic E-state index is 0.840. The predicted octanol–water partition coefficient (Wildman–Crippen LogP) is 3.32. The number of aromatic nitrogens is 3. The zero-order chi connectivity index (χ0) is 14.7. The van der Waals surface area contributed by atoms with Gasteiger partial charge in [-0.05, 0) is 60.9 Å². The molecular formula is C15H21BrN4. The molecule has 2 heterocycles. The van der Waals surface area contributed by atoms with E-state index in [0.717, 1.165) is 46.8 Å². The van der Waals surface area contributed by atoms with Crippen molar-refractivity contribution in [2.75, 3.05) is 7.05 Å². The molecule has 108 valence electrons. The molecule has 2 aromatic rings. The van der Waals surface area contributed by atoms with Gasteiger partial charge in [-0.25, -0.2) is 9.67 Å². The average molecular weight is 337 g/mol. The maximum absolute atomic E-state index is 4.74. The lowest BCUT2D eigenvalue weighted by Crippen LogP contribution is -2.10. The van der Waals surface area contributed by atoms with E-state index in [1.807, 2.05) is 18.7 Å². The summed E-state index contributed by atoms with van der Waals surface area (Å²) in [5.41, 5.74) is 4.43. The molecule has 0 atom stereocenters. The molecule has 5 heteroatoms. The van der Waals surface area contributed by atoms with Crippen LogP contribution in [0.1, 0.15) is 36.0 Å². The Kier molecular flexibility index (Phi) is 4.94. The maximum Gasteiger partial charge on any atom is 0.154 e. The van der Waals surface area contributed by atoms with Gasteiger partial charge in [-0.3, -0.25) is 0 Å². The standard InChI is InChI=1S/C15H21BrN4/c1-5-6-13-7-12(9-17-4)8-14(18-13)20-11(3)15(16)10(2)19-20/h7-8,17H,5-6,9H2,1-4H3. The van der Waals surface area contributed by atoms with Gasteiger partial charge < -0.3 is 5.32 Å². The topological polar surface area (TPSA) is 42.7 Å². The van der Waals surface area contributed by atoms with Crippen LogP contribution < -0.4 is 5.32 Å². The number of nitrogens with one attached hydrogen (secondary N) is 1. The smallest absolute Gasteiger partial charge is 0.154 e. The van der Waals surface area contributed by atoms with Crippen LogP contribution in [-0.4, -0.2) is 21.8 Å². The Hall–Kier alpha value is -1.20. The average Bonchev–Trinajstić information content (AvgIpc) is 2.67. The summed E-state index contributed by atoms with van der Waals surface area (Å²) >= 11 is 3.57. The largest absolute Gasteiger partial charge is 0.316 e. The third kappa shape index (κ3) is 3.10. The molecule has 2 aromatic heterocycles. The van der Waals surface area contributed by atoms with Crippen LogP contribution >= 0.6 is 15.9 Å². The Labute approximate surface area is 128 Å². The van der Waals surface area contributed by atoms with Crippen LogP contribution in [0.2, 0.25) is 0 Å². The van der Waals surface area contributed by atoms with Crippen LogP contribution in [0.25, 0.3) is 5.82 Å². The van der Waals surface area contributed by atoms with Crippen LogP contribution in [0.3, 0.4) is 0 Å². The van der Waals surface area contributed by atoms with Crippen LogP contribution in [0.15, 0.2) is 16.6 Å². The lowest BCUT2D eigenvalue weighted by molar-refractivity contribution is 0.766. The summed E-state index contributed by atoms with van der Waals surface area (Å²) in [6.07, 6.45) is 2.08. The van der Waals surface area contributed by atoms with Crippen molar-refractivity contribution in [2.45, 2.75) is 40.2 Å². The van der Waals surface area contributed by atoms with Crippen LogP contribution in [-0.2, 0) is 13.0 Å². The fourth-order valence-electron chi connectivity index (χ4n) is 2.28. The lowest BCUT2D eigenvalue weighted by atomic mass is 10.1. The van der Waals surface area contributed by atoms with Crippen LogP contribution in [0.5, 0.6) is 0 Å². The monoisotopic (exact) mass is 336 g/mol. The highest BCUT2D eigenvalue weighted by Gasteiger charge is 2.12. The molecule has 0 fully saturated rings. The Morgan fingerprint density at radius 2 is 2.05 bits per heavy atom. The summed E-state index contributed by atoms with van der Waals surface area (Å²) < 4.78 is 2.97. The van der Waals surface area contributed by atoms with Crippen molar-refractivity contribution in [1.82, 2.24) is 20.1 Å². The first-order chi connectivity index (χ1) is 9.56. The summed E-state index contributed by atoms with van der Waals surface area (Å²) in [6, 6.07) is 4.27. The quantitative estimate of drug-likeness (QED) is 0.910. The first kappa shape index (κ1) is 15.2. The molecule has 0 spiro atoms. The van der Waals surface area contributed by atoms with Crippen molar-refractivity contribution in [2.24, 2.45) is 0 Å². The normalized spacial score (nSPS) is 11.1. The number of pyridine rings is 1. The van der Waals surface area contributed by atoms with E-state index >= 15 is 0 Å². The van der Waals surface area contributed by atoms with Gasteiger partial charge in [-0.2, -0.15) is 5.10 Å². The first-order valence-corrected chi connectivity index (χ1v) is 7.72. The third-order valence-corrected chi connectivity index (χ3v) is 4.38. The Balaban J connectivity index is 2.51. The van der Waals surface area contributed by atoms with Crippen molar-refractivity contribution in [1.29, 1.82) is 0 Å². The molecule has 0 aliphatic heterocycles. The van der Waals surface area contributed by atoms with E-state index in [1.54, 1.807) is 0 Å². The summed E-state index contributed by atoms with van der Waals surface area (Å²) in [5.74, 6) is 0.896. The van der Waals surface area contributed by atoms with E-state index in [0.29, 0.717) is 0 Å². The molecule has 0 saturated heterocycles. The fourth-order valence-corrected chi connectivity index (χ4v) is 2.53. The summed E-state index contributed by atoms with van der Waals surface area (Å²) in [7, 11) is 1.96. The predicted molar refractivity (Wildman–Crippen MR) is 85.3 cm³/mol. The molecule has 0 amide bonds. The Morgan fingerprint density at radius 1 is 1.30 bits per heavy atom. The second kappa shape index (κ2) is 6.50. The summed E-state index contributed by atoms with van der Waals surface area (Å²) in [5, 5.41) is 7.77. The molecule has 0 radical (unpaired) electrons. The SMILES string of the molecule is CCCc1cc(CNC)cc(-n2nc(C)c(Br)c2C)n1. The molecule has 0 aromatic carbocycles. The highest BCUT2D eigenvalue weighted by atomic mass is 79.9. The van der Waals surface area contributed by atoms with Gasteiger partial charge in [0.2, 0.25) is 0 Å². The molecule has 0 aliphatic rings. The van der Waals surface area contributed by atoms with E-state index in [-0.39, 0.29) is 0 Å². The van der Waals surface area contributed by atoms with Gasteiger partial charge in [0.05, 0.1) is 15.9 Å². The highest BCUT2D eigenvalue weighted by molar-refractivity contribution is 9.10. The number of nitrogens with zero attached hydrogens (tertiary/aromatic N) is 3. The molecule has 0 bridgehead atoms. The van der Waals surface area contributed by atoms with Gasteiger partial charge in [-0.1, -0.05) is 13.3 Å². The third-order valence-electron chi connectivity index (χ3n) is 3.23. The summed E-state index contributed by atoms with van der Waals surface area (Å²) in [4.78, 5) is 4.74. The van der Waals surface area contributed by atoms with E-state index in [4.69, 9.17) is 4.98 Å². The summed E-state index contributed by atoms with van der Waals surface area (Å²) in [6.45, 7) is 7.06. The molecule has 1 N–H and O–H groups in total. The number of rotatable bonds is 5. The molecule has 0 unspecified atom stereocenters. The number of hydrogen-bond acceptors (Lipinski definition) is 3. The van der Waals surface area contributed by atoms with Gasteiger partial charge in [0.25, 0.3) is 0 Å². The Morgan fingerprint density at radius 3 is 2.60 bits per heavy atom. The number of hydrogen-bond donors (Lipinski definition) is 1. The second-order valence-electron chi connectivity index (χ2n) is 5.00. The van der Waals surface area contributed by atoms with Crippen molar-refractivity contribution in [3.63, 3.8) is 0 Å². The number of halogens is 1. The molecule has 0 aliphatic carbocycles. The molecule has 20 heavy (non-hydrogen) atoms. The van der Waals surface area contributed by atoms with Crippen LogP contribution in [0, 0.1) is 13.8 Å². The minimum Gasteiger partial charge on any atom is -0.316 e. The van der Waals surface area contributed by atoms with Crippen molar-refractivity contribution in [3.8, 4) is 5.82 Å². The van der Waals surface area contributed by atoms with Gasteiger partial charge in [-0.15, -0.1) is 0 Å². The zero-order valence-corrected chi connectivity index (χ0v) is 14.1.